The predicted molar refractivity (Wildman–Crippen MR) is 363 cm³/mol. The fraction of sp³-hybridized carbons (Fsp3) is 0.831. The average molecular weight is 1420 g/mol. The molecule has 3 aliphatic carbocycles. The van der Waals surface area contributed by atoms with Gasteiger partial charge in [0.15, 0.2) is 0 Å². The van der Waals surface area contributed by atoms with E-state index < -0.39 is 173 Å². The largest absolute Gasteiger partial charge is 0.393 e. The van der Waals surface area contributed by atoms with Gasteiger partial charge >= 0.3 is 6.18 Å². The Morgan fingerprint density at radius 3 is 1.80 bits per heavy atom. The van der Waals surface area contributed by atoms with Gasteiger partial charge in [0.25, 0.3) is 0 Å². The smallest absolute Gasteiger partial charge is 0.343 e. The van der Waals surface area contributed by atoms with Crippen LogP contribution in [0.1, 0.15) is 202 Å². The van der Waals surface area contributed by atoms with E-state index in [2.05, 4.69) is 16.0 Å². The number of halogens is 4. The maximum absolute atomic E-state index is 15.5. The van der Waals surface area contributed by atoms with Gasteiger partial charge < -0.3 is 60.0 Å². The monoisotopic (exact) mass is 1420 g/mol. The summed E-state index contributed by atoms with van der Waals surface area (Å²) >= 11 is 6.45. The van der Waals surface area contributed by atoms with Gasteiger partial charge in [-0.3, -0.25) is 57.5 Å². The van der Waals surface area contributed by atoms with Crippen LogP contribution >= 0.6 is 11.6 Å². The van der Waals surface area contributed by atoms with Crippen LogP contribution < -0.4 is 16.0 Å². The average Bonchev–Trinajstić information content (AvgIpc) is 1.74. The third-order valence-electron chi connectivity index (χ3n) is 23.6. The summed E-state index contributed by atoms with van der Waals surface area (Å²) in [5.74, 6) is -10.2. The van der Waals surface area contributed by atoms with Gasteiger partial charge in [0, 0.05) is 73.3 Å². The van der Waals surface area contributed by atoms with Gasteiger partial charge in [0.1, 0.15) is 59.9 Å². The molecule has 0 aromatic heterocycles. The van der Waals surface area contributed by atoms with Crippen molar-refractivity contribution in [2.45, 2.75) is 273 Å². The van der Waals surface area contributed by atoms with E-state index in [-0.39, 0.29) is 102 Å². The second kappa shape index (κ2) is 34.1. The minimum Gasteiger partial charge on any atom is -0.343 e. The molecule has 24 nitrogen and oxygen atoms in total. The molecule has 8 fully saturated rings. The molecule has 12 amide bonds. The predicted octanol–water partition coefficient (Wildman–Crippen LogP) is 5.60. The molecule has 99 heavy (non-hydrogen) atoms. The first-order chi connectivity index (χ1) is 46.8. The van der Waals surface area contributed by atoms with E-state index in [0.717, 1.165) is 43.4 Å². The van der Waals surface area contributed by atoms with E-state index in [1.165, 1.54) is 76.5 Å². The molecule has 0 bridgehead atoms. The zero-order valence-electron chi connectivity index (χ0n) is 60.2. The quantitative estimate of drug-likeness (QED) is 0.238. The number of fused-ring (bicyclic) bond motifs is 3. The second-order valence-electron chi connectivity index (χ2n) is 30.5. The van der Waals surface area contributed by atoms with Crippen LogP contribution in [0.5, 0.6) is 0 Å². The molecule has 556 valence electrons. The molecule has 5 aliphatic heterocycles. The maximum atomic E-state index is 15.5. The number of hydrogen-bond donors (Lipinski definition) is 3. The molecule has 0 aromatic carbocycles. The van der Waals surface area contributed by atoms with E-state index in [1.807, 2.05) is 6.92 Å². The molecule has 3 N–H and O–H groups in total. The Morgan fingerprint density at radius 2 is 1.18 bits per heavy atom. The molecule has 28 heteroatoms. The third kappa shape index (κ3) is 18.1. The fourth-order valence-corrected chi connectivity index (χ4v) is 17.3. The van der Waals surface area contributed by atoms with Crippen molar-refractivity contribution in [3.05, 3.63) is 0 Å². The first kappa shape index (κ1) is 78.4. The summed E-state index contributed by atoms with van der Waals surface area (Å²) in [7, 11) is 7.22. The maximum Gasteiger partial charge on any atom is 0.393 e. The summed E-state index contributed by atoms with van der Waals surface area (Å²) in [5.41, 5.74) is -1.56. The highest BCUT2D eigenvalue weighted by atomic mass is 35.5. The first-order valence-corrected chi connectivity index (χ1v) is 37.4. The van der Waals surface area contributed by atoms with Crippen molar-refractivity contribution in [3.63, 3.8) is 0 Å². The van der Waals surface area contributed by atoms with Crippen molar-refractivity contribution >= 4 is 82.5 Å². The number of likely N-dealkylation sites (N-methyl/N-ethyl adjacent to an activating group) is 5. The Kier molecular flexibility index (Phi) is 27.0. The van der Waals surface area contributed by atoms with Crippen LogP contribution in [-0.2, 0) is 57.5 Å². The van der Waals surface area contributed by atoms with Crippen molar-refractivity contribution in [1.29, 1.82) is 0 Å². The molecule has 13 atom stereocenters. The Balaban J connectivity index is 1.15. The Hall–Kier alpha value is -6.28. The van der Waals surface area contributed by atoms with Crippen LogP contribution in [0.25, 0.3) is 0 Å². The van der Waals surface area contributed by atoms with Crippen LogP contribution in [0, 0.1) is 29.6 Å². The molecule has 3 unspecified atom stereocenters. The van der Waals surface area contributed by atoms with Crippen LogP contribution in [0.4, 0.5) is 13.2 Å². The first-order valence-electron chi connectivity index (χ1n) is 37.0. The summed E-state index contributed by atoms with van der Waals surface area (Å²) in [6.07, 6.45) is 5.95. The van der Waals surface area contributed by atoms with Gasteiger partial charge in [-0.25, -0.2) is 0 Å². The van der Waals surface area contributed by atoms with E-state index >= 15 is 28.8 Å². The SMILES string of the molecule is CC[C@H](C)[C@@H]1NC(=O)[C@H](C)N(C)C(=O)C[C@@H](C(=O)N2CCCCC2)N(C)C(=O)[C@H](C(C)C)N(C)C(=O)C2(CCCC2)NC(=O)[C@@H]2CCCN2C(=O)[C@H](CCC2CCC(C(F)(F)F)C(Cl)C2)NC(=O)[C@H]2CCCCN2C(=O)[C@H](CC2CCCCC2)N(C)C(=O)[C@@H]2CCN2C(=O)CN(C)C1=O. The number of hydrogen-bond acceptors (Lipinski definition) is 12. The minimum absolute atomic E-state index is 0.0100. The lowest BCUT2D eigenvalue weighted by Crippen LogP contribution is -2.65. The number of piperidine rings is 2. The van der Waals surface area contributed by atoms with Crippen LogP contribution in [0.15, 0.2) is 0 Å². The van der Waals surface area contributed by atoms with Gasteiger partial charge in [-0.2, -0.15) is 13.2 Å². The highest BCUT2D eigenvalue weighted by Gasteiger charge is 2.53. The molecule has 5 saturated heterocycles. The van der Waals surface area contributed by atoms with Gasteiger partial charge in [-0.1, -0.05) is 79.1 Å². The van der Waals surface area contributed by atoms with E-state index in [0.29, 0.717) is 64.5 Å². The normalized spacial score (nSPS) is 31.8. The lowest BCUT2D eigenvalue weighted by atomic mass is 9.78. The molecule has 5 heterocycles. The number of carbonyl (C=O) groups is 12. The van der Waals surface area contributed by atoms with Crippen molar-refractivity contribution in [1.82, 2.24) is 60.0 Å². The Bertz CT molecular complexity index is 2940. The van der Waals surface area contributed by atoms with Gasteiger partial charge in [-0.05, 0) is 140 Å². The summed E-state index contributed by atoms with van der Waals surface area (Å²) in [4.78, 5) is 192. The molecule has 8 rings (SSSR count). The van der Waals surface area contributed by atoms with Crippen LogP contribution in [0.3, 0.4) is 0 Å². The molecule has 0 aromatic rings. The standard InChI is InChI=1S/C71H112ClF3N12O12/c1-11-44(4)58-67(97)79(6)42-57(89)85-38-31-53(85)64(94)81(8)54(40-46-23-14-12-15-24-46)66(96)87-36-21-16-25-51(87)61(91)76-50(30-28-47-27-29-48(49(72)39-47)71(73,74)75)63(93)86-37-22-26-52(86)62(92)78-70(32-17-18-33-70)69(99)83(10)59(43(2)3)68(98)82(9)55(65(95)84-34-19-13-20-35-84)41-56(88)80(7)45(5)60(90)77-58/h43-55,58-59H,11-42H2,1-10H3,(H,76,91)(H,77,90)(H,78,92)/t44-,45-,47?,48?,49?,50-,51+,52-,53-,54-,55-,58-,59-/m0/s1. The zero-order chi connectivity index (χ0) is 72.5. The van der Waals surface area contributed by atoms with Crippen molar-refractivity contribution in [2.24, 2.45) is 29.6 Å². The van der Waals surface area contributed by atoms with E-state index in [1.54, 1.807) is 25.7 Å². The molecular weight excluding hydrogens is 1310 g/mol. The van der Waals surface area contributed by atoms with E-state index in [9.17, 15) is 41.9 Å². The van der Waals surface area contributed by atoms with Crippen LogP contribution in [0.2, 0.25) is 0 Å². The van der Waals surface area contributed by atoms with Gasteiger partial charge in [-0.15, -0.1) is 11.6 Å². The van der Waals surface area contributed by atoms with E-state index in [4.69, 9.17) is 11.6 Å². The van der Waals surface area contributed by atoms with Crippen molar-refractivity contribution < 1.29 is 70.7 Å². The van der Waals surface area contributed by atoms with Crippen molar-refractivity contribution in [2.75, 3.05) is 74.5 Å². The summed E-state index contributed by atoms with van der Waals surface area (Å²) < 4.78 is 42.2. The topological polar surface area (TPSA) is 270 Å². The number of amides is 12. The number of likely N-dealkylation sites (tertiary alicyclic amines) is 1. The third-order valence-corrected chi connectivity index (χ3v) is 24.1. The number of nitrogens with zero attached hydrogens (tertiary/aromatic N) is 9. The number of rotatable bonds is 9. The minimum atomic E-state index is -4.50. The molecule has 1 spiro atoms. The van der Waals surface area contributed by atoms with Crippen LogP contribution in [-0.4, -0.2) is 261 Å². The van der Waals surface area contributed by atoms with Crippen molar-refractivity contribution in [3.8, 4) is 0 Å². The summed E-state index contributed by atoms with van der Waals surface area (Å²) in [6, 6.07) is -10.7. The highest BCUT2D eigenvalue weighted by molar-refractivity contribution is 6.21. The van der Waals surface area contributed by atoms with Gasteiger partial charge in [0.05, 0.1) is 18.9 Å². The molecule has 0 radical (unpaired) electrons. The highest BCUT2D eigenvalue weighted by Crippen LogP contribution is 2.44. The number of alkyl halides is 4. The number of carbonyl (C=O) groups excluding carboxylic acids is 12. The number of nitrogens with one attached hydrogen (secondary N) is 3. The lowest BCUT2D eigenvalue weighted by molar-refractivity contribution is -0.182. The summed E-state index contributed by atoms with van der Waals surface area (Å²) in [5, 5.41) is 7.68. The summed E-state index contributed by atoms with van der Waals surface area (Å²) in [6.45, 7) is 9.23. The molecule has 8 aliphatic rings. The molecular formula is C71H112ClF3N12O12. The lowest BCUT2D eigenvalue weighted by Gasteiger charge is -2.45. The fourth-order valence-electron chi connectivity index (χ4n) is 16.8. The Labute approximate surface area is 587 Å². The zero-order valence-corrected chi connectivity index (χ0v) is 61.0. The molecule has 3 saturated carbocycles. The Morgan fingerprint density at radius 1 is 0.576 bits per heavy atom. The van der Waals surface area contributed by atoms with Gasteiger partial charge in [0.2, 0.25) is 70.9 Å². The second-order valence-corrected chi connectivity index (χ2v) is 31.1.